The van der Waals surface area contributed by atoms with Gasteiger partial charge in [0, 0.05) is 55.9 Å². The van der Waals surface area contributed by atoms with Gasteiger partial charge in [-0.1, -0.05) is 12.1 Å². The number of hydrogen-bond acceptors (Lipinski definition) is 9. The third-order valence-corrected chi connectivity index (χ3v) is 7.38. The van der Waals surface area contributed by atoms with Gasteiger partial charge in [-0.15, -0.1) is 0 Å². The lowest BCUT2D eigenvalue weighted by atomic mass is 10.0. The number of hydrogen-bond donors (Lipinski definition) is 1. The summed E-state index contributed by atoms with van der Waals surface area (Å²) < 4.78 is 7.68. The standard InChI is InChI=1S/C29H29N9O/c1-36-25-6-3-2-5-23(25)34-29(36)32-21-9-7-20(8-10-21)26-33-24-19-38(28-30-12-4-13-31-28)14-11-22(24)27(35-26)37-15-17-39-18-16-37/h2-10,12-13H,11,14-19H2,1H3,(H,32,34). The highest BCUT2D eigenvalue weighted by Gasteiger charge is 2.27. The number of aromatic nitrogens is 6. The first kappa shape index (κ1) is 23.5. The van der Waals surface area contributed by atoms with Crippen LogP contribution >= 0.6 is 0 Å². The van der Waals surface area contributed by atoms with Crippen molar-refractivity contribution in [2.75, 3.05) is 48.0 Å². The van der Waals surface area contributed by atoms with Gasteiger partial charge < -0.3 is 24.4 Å². The summed E-state index contributed by atoms with van der Waals surface area (Å²) in [6, 6.07) is 18.2. The molecule has 0 radical (unpaired) electrons. The second-order valence-corrected chi connectivity index (χ2v) is 9.80. The predicted octanol–water partition coefficient (Wildman–Crippen LogP) is 3.96. The van der Waals surface area contributed by atoms with Crippen LogP contribution in [0.15, 0.2) is 67.0 Å². The number of rotatable bonds is 5. The highest BCUT2D eigenvalue weighted by atomic mass is 16.5. The number of benzene rings is 2. The van der Waals surface area contributed by atoms with Crippen LogP contribution in [0.25, 0.3) is 22.4 Å². The van der Waals surface area contributed by atoms with Crippen LogP contribution in [-0.2, 0) is 24.8 Å². The van der Waals surface area contributed by atoms with Gasteiger partial charge in [-0.25, -0.2) is 24.9 Å². The summed E-state index contributed by atoms with van der Waals surface area (Å²) in [5, 5.41) is 3.45. The Morgan fingerprint density at radius 1 is 0.821 bits per heavy atom. The highest BCUT2D eigenvalue weighted by Crippen LogP contribution is 2.32. The first-order valence-electron chi connectivity index (χ1n) is 13.3. The Morgan fingerprint density at radius 2 is 1.62 bits per heavy atom. The van der Waals surface area contributed by atoms with Gasteiger partial charge in [-0.2, -0.15) is 0 Å². The molecule has 0 unspecified atom stereocenters. The predicted molar refractivity (Wildman–Crippen MR) is 151 cm³/mol. The molecule has 10 heteroatoms. The van der Waals surface area contributed by atoms with Crippen molar-refractivity contribution < 1.29 is 4.74 Å². The number of morpholine rings is 1. The molecule has 0 bridgehead atoms. The van der Waals surface area contributed by atoms with E-state index in [0.717, 1.165) is 77.6 Å². The highest BCUT2D eigenvalue weighted by molar-refractivity contribution is 5.79. The number of para-hydroxylation sites is 2. The number of nitrogens with zero attached hydrogens (tertiary/aromatic N) is 8. The maximum atomic E-state index is 5.62. The van der Waals surface area contributed by atoms with E-state index >= 15 is 0 Å². The Morgan fingerprint density at radius 3 is 2.41 bits per heavy atom. The van der Waals surface area contributed by atoms with Gasteiger partial charge >= 0.3 is 0 Å². The quantitative estimate of drug-likeness (QED) is 0.370. The van der Waals surface area contributed by atoms with E-state index in [9.17, 15) is 0 Å². The average Bonchev–Trinajstić information content (AvgIpc) is 3.32. The molecule has 0 atom stereocenters. The van der Waals surface area contributed by atoms with Crippen molar-refractivity contribution in [2.45, 2.75) is 13.0 Å². The van der Waals surface area contributed by atoms with Crippen molar-refractivity contribution in [2.24, 2.45) is 7.05 Å². The summed E-state index contributed by atoms with van der Waals surface area (Å²) in [4.78, 5) is 28.4. The lowest BCUT2D eigenvalue weighted by Gasteiger charge is -2.34. The molecule has 7 rings (SSSR count). The molecule has 5 heterocycles. The molecule has 1 saturated heterocycles. The van der Waals surface area contributed by atoms with Gasteiger partial charge in [0.15, 0.2) is 5.82 Å². The van der Waals surface area contributed by atoms with Crippen LogP contribution in [-0.4, -0.2) is 62.3 Å². The summed E-state index contributed by atoms with van der Waals surface area (Å²) >= 11 is 0. The van der Waals surface area contributed by atoms with Crippen LogP contribution in [0, 0.1) is 0 Å². The van der Waals surface area contributed by atoms with Crippen molar-refractivity contribution in [3.05, 3.63) is 78.2 Å². The Balaban J connectivity index is 1.21. The Kier molecular flexibility index (Phi) is 6.01. The fourth-order valence-corrected chi connectivity index (χ4v) is 5.29. The van der Waals surface area contributed by atoms with Crippen molar-refractivity contribution in [1.82, 2.24) is 29.5 Å². The van der Waals surface area contributed by atoms with E-state index in [4.69, 9.17) is 19.7 Å². The molecule has 0 aliphatic carbocycles. The first-order valence-corrected chi connectivity index (χ1v) is 13.3. The van der Waals surface area contributed by atoms with Crippen LogP contribution < -0.4 is 15.1 Å². The van der Waals surface area contributed by atoms with Gasteiger partial charge in [-0.3, -0.25) is 0 Å². The molecule has 2 aliphatic rings. The fraction of sp³-hybridized carbons (Fsp3) is 0.276. The van der Waals surface area contributed by atoms with E-state index in [2.05, 4.69) is 60.0 Å². The first-order chi connectivity index (χ1) is 19.2. The van der Waals surface area contributed by atoms with Crippen LogP contribution in [0.5, 0.6) is 0 Å². The van der Waals surface area contributed by atoms with Gasteiger partial charge in [0.2, 0.25) is 11.9 Å². The second kappa shape index (κ2) is 9.95. The van der Waals surface area contributed by atoms with Crippen LogP contribution in [0.2, 0.25) is 0 Å². The summed E-state index contributed by atoms with van der Waals surface area (Å²) in [7, 11) is 2.02. The molecule has 5 aromatic rings. The van der Waals surface area contributed by atoms with Crippen LogP contribution in [0.4, 0.5) is 23.4 Å². The number of imidazole rings is 1. The maximum Gasteiger partial charge on any atom is 0.225 e. The summed E-state index contributed by atoms with van der Waals surface area (Å²) in [6.07, 6.45) is 4.42. The number of fused-ring (bicyclic) bond motifs is 2. The van der Waals surface area contributed by atoms with Crippen molar-refractivity contribution in [3.63, 3.8) is 0 Å². The molecule has 196 valence electrons. The van der Waals surface area contributed by atoms with Crippen molar-refractivity contribution >= 4 is 34.4 Å². The molecule has 10 nitrogen and oxygen atoms in total. The smallest absolute Gasteiger partial charge is 0.225 e. The third-order valence-electron chi connectivity index (χ3n) is 7.38. The van der Waals surface area contributed by atoms with E-state index < -0.39 is 0 Å². The largest absolute Gasteiger partial charge is 0.378 e. The zero-order valence-electron chi connectivity index (χ0n) is 21.8. The molecule has 0 saturated carbocycles. The summed E-state index contributed by atoms with van der Waals surface area (Å²) in [5.41, 5.74) is 6.22. The van der Waals surface area contributed by atoms with Gasteiger partial charge in [0.1, 0.15) is 5.82 Å². The van der Waals surface area contributed by atoms with E-state index in [1.54, 1.807) is 12.4 Å². The zero-order chi connectivity index (χ0) is 26.2. The number of anilines is 4. The minimum Gasteiger partial charge on any atom is -0.378 e. The number of nitrogens with one attached hydrogen (secondary N) is 1. The average molecular weight is 520 g/mol. The lowest BCUT2D eigenvalue weighted by Crippen LogP contribution is -2.39. The topological polar surface area (TPSA) is 97.1 Å². The van der Waals surface area contributed by atoms with E-state index in [0.29, 0.717) is 19.8 Å². The van der Waals surface area contributed by atoms with Gasteiger partial charge in [-0.05, 0) is 48.9 Å². The monoisotopic (exact) mass is 519 g/mol. The third kappa shape index (κ3) is 4.52. The maximum absolute atomic E-state index is 5.62. The van der Waals surface area contributed by atoms with Crippen molar-refractivity contribution in [1.29, 1.82) is 0 Å². The molecule has 2 aliphatic heterocycles. The van der Waals surface area contributed by atoms with Gasteiger partial charge in [0.05, 0.1) is 36.5 Å². The molecule has 3 aromatic heterocycles. The minimum absolute atomic E-state index is 0.651. The molecule has 2 aromatic carbocycles. The SMILES string of the molecule is Cn1c(Nc2ccc(-c3nc4c(c(N5CCOCC5)n3)CCN(c3ncccn3)C4)cc2)nc2ccccc21. The molecule has 0 spiro atoms. The molecule has 1 N–H and O–H groups in total. The fourth-order valence-electron chi connectivity index (χ4n) is 5.29. The minimum atomic E-state index is 0.651. The van der Waals surface area contributed by atoms with E-state index in [1.807, 2.05) is 31.3 Å². The zero-order valence-corrected chi connectivity index (χ0v) is 21.8. The van der Waals surface area contributed by atoms with E-state index in [-0.39, 0.29) is 0 Å². The summed E-state index contributed by atoms with van der Waals surface area (Å²) in [6.45, 7) is 4.56. The van der Waals surface area contributed by atoms with Crippen LogP contribution in [0.1, 0.15) is 11.3 Å². The van der Waals surface area contributed by atoms with Crippen LogP contribution in [0.3, 0.4) is 0 Å². The molecule has 1 fully saturated rings. The number of ether oxygens (including phenoxy) is 1. The molecular formula is C29H29N9O. The Labute approximate surface area is 226 Å². The molecular weight excluding hydrogens is 490 g/mol. The normalized spacial score (nSPS) is 15.4. The van der Waals surface area contributed by atoms with Gasteiger partial charge in [0.25, 0.3) is 0 Å². The Bertz CT molecular complexity index is 1610. The van der Waals surface area contributed by atoms with E-state index in [1.165, 1.54) is 5.56 Å². The lowest BCUT2D eigenvalue weighted by molar-refractivity contribution is 0.122. The number of aryl methyl sites for hydroxylation is 1. The second-order valence-electron chi connectivity index (χ2n) is 9.80. The molecule has 0 amide bonds. The Hall–Kier alpha value is -4.57. The summed E-state index contributed by atoms with van der Waals surface area (Å²) in [5.74, 6) is 3.27. The van der Waals surface area contributed by atoms with Crippen molar-refractivity contribution in [3.8, 4) is 11.4 Å². The molecule has 39 heavy (non-hydrogen) atoms.